The van der Waals surface area contributed by atoms with Crippen LogP contribution < -0.4 is 0 Å². The fourth-order valence-electron chi connectivity index (χ4n) is 1.37. The van der Waals surface area contributed by atoms with Crippen LogP contribution in [0.15, 0.2) is 36.5 Å². The first-order chi connectivity index (χ1) is 7.16. The number of nitrogens with zero attached hydrogens (tertiary/aromatic N) is 2. The number of rotatable bonds is 2. The number of benzene rings is 1. The highest BCUT2D eigenvalue weighted by Crippen LogP contribution is 2.17. The second kappa shape index (κ2) is 3.81. The molecule has 0 aliphatic carbocycles. The molecular weight excluding hydrogens is 198 g/mol. The van der Waals surface area contributed by atoms with Crippen molar-refractivity contribution in [2.45, 2.75) is 13.3 Å². The molecule has 78 valence electrons. The Bertz CT molecular complexity index is 463. The Balaban J connectivity index is 2.37. The second-order valence-electron chi connectivity index (χ2n) is 3.32. The van der Waals surface area contributed by atoms with Crippen LogP contribution in [0.1, 0.15) is 17.7 Å². The van der Waals surface area contributed by atoms with Crippen molar-refractivity contribution in [1.82, 2.24) is 9.78 Å². The molecule has 2 nitrogen and oxygen atoms in total. The molecule has 2 aromatic rings. The van der Waals surface area contributed by atoms with E-state index in [2.05, 4.69) is 5.10 Å². The van der Waals surface area contributed by atoms with Crippen molar-refractivity contribution in [3.8, 4) is 5.69 Å². The zero-order chi connectivity index (χ0) is 10.8. The topological polar surface area (TPSA) is 17.8 Å². The van der Waals surface area contributed by atoms with E-state index in [-0.39, 0.29) is 5.69 Å². The fraction of sp³-hybridized carbons (Fsp3) is 0.182. The van der Waals surface area contributed by atoms with Crippen LogP contribution in [-0.4, -0.2) is 9.78 Å². The minimum atomic E-state index is -2.52. The molecule has 0 aliphatic heterocycles. The number of hydrogen-bond acceptors (Lipinski definition) is 1. The maximum atomic E-state index is 12.3. The summed E-state index contributed by atoms with van der Waals surface area (Å²) < 4.78 is 26.1. The SMILES string of the molecule is Cc1cccc(-n2ccc(C(F)F)n2)c1. The minimum Gasteiger partial charge on any atom is -0.241 e. The number of aryl methyl sites for hydroxylation is 1. The molecule has 0 radical (unpaired) electrons. The first-order valence-corrected chi connectivity index (χ1v) is 4.57. The van der Waals surface area contributed by atoms with Crippen LogP contribution in [0.4, 0.5) is 8.78 Å². The van der Waals surface area contributed by atoms with E-state index in [0.717, 1.165) is 11.3 Å². The highest BCUT2D eigenvalue weighted by atomic mass is 19.3. The third-order valence-electron chi connectivity index (χ3n) is 2.10. The quantitative estimate of drug-likeness (QED) is 0.741. The normalized spacial score (nSPS) is 10.9. The van der Waals surface area contributed by atoms with Crippen molar-refractivity contribution < 1.29 is 8.78 Å². The fourth-order valence-corrected chi connectivity index (χ4v) is 1.37. The summed E-state index contributed by atoms with van der Waals surface area (Å²) in [6, 6.07) is 8.86. The lowest BCUT2D eigenvalue weighted by molar-refractivity contribution is 0.145. The molecule has 15 heavy (non-hydrogen) atoms. The Morgan fingerprint density at radius 3 is 2.67 bits per heavy atom. The van der Waals surface area contributed by atoms with Gasteiger partial charge in [-0.15, -0.1) is 0 Å². The van der Waals surface area contributed by atoms with Crippen LogP contribution >= 0.6 is 0 Å². The summed E-state index contributed by atoms with van der Waals surface area (Å²) >= 11 is 0. The summed E-state index contributed by atoms with van der Waals surface area (Å²) in [4.78, 5) is 0. The first kappa shape index (κ1) is 9.83. The van der Waals surface area contributed by atoms with E-state index in [1.54, 1.807) is 0 Å². The predicted octanol–water partition coefficient (Wildman–Crippen LogP) is 3.12. The molecule has 0 saturated carbocycles. The molecular formula is C11H10F2N2. The van der Waals surface area contributed by atoms with Crippen molar-refractivity contribution in [2.24, 2.45) is 0 Å². The van der Waals surface area contributed by atoms with Gasteiger partial charge in [-0.05, 0) is 30.7 Å². The summed E-state index contributed by atoms with van der Waals surface area (Å²) in [7, 11) is 0. The van der Waals surface area contributed by atoms with Gasteiger partial charge in [0, 0.05) is 6.20 Å². The average Bonchev–Trinajstić information content (AvgIpc) is 2.66. The molecule has 0 amide bonds. The third kappa shape index (κ3) is 2.03. The maximum absolute atomic E-state index is 12.3. The van der Waals surface area contributed by atoms with Gasteiger partial charge in [0.1, 0.15) is 5.69 Å². The molecule has 0 unspecified atom stereocenters. The van der Waals surface area contributed by atoms with Crippen molar-refractivity contribution in [1.29, 1.82) is 0 Å². The minimum absolute atomic E-state index is 0.198. The van der Waals surface area contributed by atoms with E-state index >= 15 is 0 Å². The molecule has 1 heterocycles. The summed E-state index contributed by atoms with van der Waals surface area (Å²) in [5, 5.41) is 3.79. The van der Waals surface area contributed by atoms with Gasteiger partial charge in [-0.1, -0.05) is 12.1 Å². The van der Waals surface area contributed by atoms with E-state index in [4.69, 9.17) is 0 Å². The van der Waals surface area contributed by atoms with Gasteiger partial charge in [0.25, 0.3) is 6.43 Å². The summed E-state index contributed by atoms with van der Waals surface area (Å²) in [5.74, 6) is 0. The van der Waals surface area contributed by atoms with Gasteiger partial charge in [-0.2, -0.15) is 5.10 Å². The number of alkyl halides is 2. The number of halogens is 2. The maximum Gasteiger partial charge on any atom is 0.282 e. The lowest BCUT2D eigenvalue weighted by Crippen LogP contribution is -1.96. The monoisotopic (exact) mass is 208 g/mol. The molecule has 0 atom stereocenters. The lowest BCUT2D eigenvalue weighted by Gasteiger charge is -2.01. The van der Waals surface area contributed by atoms with E-state index in [0.29, 0.717) is 0 Å². The van der Waals surface area contributed by atoms with Gasteiger partial charge in [0.2, 0.25) is 0 Å². The van der Waals surface area contributed by atoms with Gasteiger partial charge in [-0.3, -0.25) is 0 Å². The van der Waals surface area contributed by atoms with Crippen LogP contribution in [0.25, 0.3) is 5.69 Å². The molecule has 0 spiro atoms. The van der Waals surface area contributed by atoms with E-state index in [1.165, 1.54) is 16.9 Å². The van der Waals surface area contributed by atoms with Gasteiger partial charge >= 0.3 is 0 Å². The highest BCUT2D eigenvalue weighted by molar-refractivity contribution is 5.34. The molecule has 0 N–H and O–H groups in total. The molecule has 2 rings (SSSR count). The molecule has 0 bridgehead atoms. The zero-order valence-electron chi connectivity index (χ0n) is 8.19. The Hall–Kier alpha value is -1.71. The smallest absolute Gasteiger partial charge is 0.241 e. The Labute approximate surface area is 86.2 Å². The second-order valence-corrected chi connectivity index (χ2v) is 3.32. The average molecular weight is 208 g/mol. The van der Waals surface area contributed by atoms with Crippen LogP contribution in [0.5, 0.6) is 0 Å². The van der Waals surface area contributed by atoms with E-state index in [1.807, 2.05) is 31.2 Å². The summed E-state index contributed by atoms with van der Waals surface area (Å²) in [5.41, 5.74) is 1.67. The van der Waals surface area contributed by atoms with Crippen molar-refractivity contribution in [2.75, 3.05) is 0 Å². The van der Waals surface area contributed by atoms with Gasteiger partial charge in [0.05, 0.1) is 5.69 Å². The third-order valence-corrected chi connectivity index (χ3v) is 2.10. The lowest BCUT2D eigenvalue weighted by atomic mass is 10.2. The Kier molecular flexibility index (Phi) is 2.49. The standard InChI is InChI=1S/C11H10F2N2/c1-8-3-2-4-9(7-8)15-6-5-10(14-15)11(12)13/h2-7,11H,1H3. The molecule has 0 saturated heterocycles. The van der Waals surface area contributed by atoms with Gasteiger partial charge < -0.3 is 0 Å². The van der Waals surface area contributed by atoms with E-state index in [9.17, 15) is 8.78 Å². The molecule has 0 aliphatic rings. The first-order valence-electron chi connectivity index (χ1n) is 4.57. The molecule has 4 heteroatoms. The highest BCUT2D eigenvalue weighted by Gasteiger charge is 2.10. The Morgan fingerprint density at radius 2 is 2.07 bits per heavy atom. The van der Waals surface area contributed by atoms with Crippen LogP contribution in [0.3, 0.4) is 0 Å². The van der Waals surface area contributed by atoms with Crippen LogP contribution in [0.2, 0.25) is 0 Å². The zero-order valence-corrected chi connectivity index (χ0v) is 8.19. The summed E-state index contributed by atoms with van der Waals surface area (Å²) in [6.45, 7) is 1.95. The molecule has 1 aromatic carbocycles. The van der Waals surface area contributed by atoms with Gasteiger partial charge in [0.15, 0.2) is 0 Å². The van der Waals surface area contributed by atoms with Gasteiger partial charge in [-0.25, -0.2) is 13.5 Å². The molecule has 0 fully saturated rings. The van der Waals surface area contributed by atoms with Crippen molar-refractivity contribution in [3.05, 3.63) is 47.8 Å². The van der Waals surface area contributed by atoms with E-state index < -0.39 is 6.43 Å². The predicted molar refractivity (Wildman–Crippen MR) is 53.3 cm³/mol. The van der Waals surface area contributed by atoms with Crippen molar-refractivity contribution in [3.63, 3.8) is 0 Å². The Morgan fingerprint density at radius 1 is 1.27 bits per heavy atom. The van der Waals surface area contributed by atoms with Crippen molar-refractivity contribution >= 4 is 0 Å². The molecule has 1 aromatic heterocycles. The number of hydrogen-bond donors (Lipinski definition) is 0. The largest absolute Gasteiger partial charge is 0.282 e. The van der Waals surface area contributed by atoms with Crippen LogP contribution in [-0.2, 0) is 0 Å². The summed E-state index contributed by atoms with van der Waals surface area (Å²) in [6.07, 6.45) is -0.980. The number of aromatic nitrogens is 2. The van der Waals surface area contributed by atoms with Crippen LogP contribution in [0, 0.1) is 6.92 Å².